The average molecular weight is 269 g/mol. The number of rotatable bonds is 3. The molecule has 0 aromatic heterocycles. The van der Waals surface area contributed by atoms with E-state index in [1.807, 2.05) is 6.26 Å². The van der Waals surface area contributed by atoms with Crippen molar-refractivity contribution in [3.8, 4) is 0 Å². The number of hydrogen-bond donors (Lipinski definition) is 0. The van der Waals surface area contributed by atoms with E-state index < -0.39 is 20.6 Å². The molecule has 0 unspecified atom stereocenters. The first kappa shape index (κ1) is 12.8. The van der Waals surface area contributed by atoms with Gasteiger partial charge in [0.05, 0.1) is 5.75 Å². The molecule has 0 bridgehead atoms. The minimum absolute atomic E-state index is 0.111. The number of halogens is 2. The lowest BCUT2D eigenvalue weighted by Gasteiger charge is -2.06. The molecule has 0 spiro atoms. The number of aryl methyl sites for hydroxylation is 1. The van der Waals surface area contributed by atoms with E-state index in [-0.39, 0.29) is 5.56 Å². The van der Waals surface area contributed by atoms with Crippen molar-refractivity contribution in [2.75, 3.05) is 6.26 Å². The maximum Gasteiger partial charge on any atom is 0.236 e. The van der Waals surface area contributed by atoms with Gasteiger partial charge in [-0.05, 0) is 30.9 Å². The van der Waals surface area contributed by atoms with Crippen LogP contribution in [0.4, 0.5) is 4.39 Å². The van der Waals surface area contributed by atoms with Gasteiger partial charge in [-0.3, -0.25) is 0 Å². The molecule has 0 N–H and O–H groups in total. The van der Waals surface area contributed by atoms with Crippen LogP contribution in [-0.4, -0.2) is 14.7 Å². The molecule has 0 saturated carbocycles. The molecule has 0 amide bonds. The van der Waals surface area contributed by atoms with Crippen molar-refractivity contribution in [1.29, 1.82) is 0 Å². The summed E-state index contributed by atoms with van der Waals surface area (Å²) in [7, 11) is 1.36. The Morgan fingerprint density at radius 1 is 1.47 bits per heavy atom. The highest BCUT2D eigenvalue weighted by molar-refractivity contribution is 8.13. The highest BCUT2D eigenvalue weighted by atomic mass is 35.7. The van der Waals surface area contributed by atoms with Gasteiger partial charge in [0, 0.05) is 21.1 Å². The molecule has 2 nitrogen and oxygen atoms in total. The maximum atomic E-state index is 13.4. The van der Waals surface area contributed by atoms with Gasteiger partial charge in [0.25, 0.3) is 0 Å². The summed E-state index contributed by atoms with van der Waals surface area (Å²) in [6, 6.07) is 2.85. The summed E-state index contributed by atoms with van der Waals surface area (Å²) in [4.78, 5) is 0.853. The Morgan fingerprint density at radius 3 is 2.53 bits per heavy atom. The van der Waals surface area contributed by atoms with Crippen molar-refractivity contribution < 1.29 is 12.8 Å². The first-order chi connectivity index (χ1) is 6.83. The standard InChI is InChI=1S/C9H10ClFO2S2/c1-6-3-8(11)7(4-9(6)14-2)5-15(10,12)13/h3-4H,5H2,1-2H3. The number of benzene rings is 1. The highest BCUT2D eigenvalue weighted by Crippen LogP contribution is 2.25. The van der Waals surface area contributed by atoms with Gasteiger partial charge in [0.15, 0.2) is 0 Å². The van der Waals surface area contributed by atoms with Crippen molar-refractivity contribution in [3.05, 3.63) is 29.1 Å². The second-order valence-electron chi connectivity index (χ2n) is 3.10. The van der Waals surface area contributed by atoms with Crippen LogP contribution in [0.15, 0.2) is 17.0 Å². The molecule has 0 aliphatic rings. The second-order valence-corrected chi connectivity index (χ2v) is 6.72. The van der Waals surface area contributed by atoms with Crippen LogP contribution in [0.1, 0.15) is 11.1 Å². The van der Waals surface area contributed by atoms with E-state index in [2.05, 4.69) is 0 Å². The SMILES string of the molecule is CSc1cc(CS(=O)(=O)Cl)c(F)cc1C. The molecular weight excluding hydrogens is 259 g/mol. The summed E-state index contributed by atoms with van der Waals surface area (Å²) in [6.45, 7) is 1.77. The third-order valence-electron chi connectivity index (χ3n) is 1.89. The summed E-state index contributed by atoms with van der Waals surface area (Å²) >= 11 is 1.44. The summed E-state index contributed by atoms with van der Waals surface area (Å²) in [5.74, 6) is -1.01. The zero-order valence-electron chi connectivity index (χ0n) is 8.25. The van der Waals surface area contributed by atoms with Gasteiger partial charge in [0.1, 0.15) is 5.82 Å². The van der Waals surface area contributed by atoms with Gasteiger partial charge in [-0.15, -0.1) is 11.8 Å². The molecule has 0 fully saturated rings. The third-order valence-corrected chi connectivity index (χ3v) is 3.75. The van der Waals surface area contributed by atoms with Crippen LogP contribution < -0.4 is 0 Å². The van der Waals surface area contributed by atoms with Gasteiger partial charge in [-0.25, -0.2) is 12.8 Å². The molecule has 0 aliphatic heterocycles. The Bertz CT molecular complexity index is 471. The van der Waals surface area contributed by atoms with Gasteiger partial charge in [-0.2, -0.15) is 0 Å². The lowest BCUT2D eigenvalue weighted by Crippen LogP contribution is -1.99. The summed E-state index contributed by atoms with van der Waals surface area (Å²) in [6.07, 6.45) is 1.85. The molecule has 0 heterocycles. The Balaban J connectivity index is 3.19. The smallest absolute Gasteiger partial charge is 0.212 e. The average Bonchev–Trinajstić information content (AvgIpc) is 2.07. The predicted octanol–water partition coefficient (Wildman–Crippen LogP) is 2.92. The third kappa shape index (κ3) is 3.66. The van der Waals surface area contributed by atoms with E-state index in [1.165, 1.54) is 23.9 Å². The van der Waals surface area contributed by atoms with Crippen LogP contribution in [0, 0.1) is 12.7 Å². The van der Waals surface area contributed by atoms with Crippen molar-refractivity contribution in [3.63, 3.8) is 0 Å². The molecule has 1 rings (SSSR count). The molecule has 0 aliphatic carbocycles. The minimum Gasteiger partial charge on any atom is -0.212 e. The lowest BCUT2D eigenvalue weighted by atomic mass is 10.1. The molecular formula is C9H10ClFO2S2. The maximum absolute atomic E-state index is 13.4. The zero-order chi connectivity index (χ0) is 11.6. The van der Waals surface area contributed by atoms with E-state index in [1.54, 1.807) is 6.92 Å². The molecule has 6 heteroatoms. The van der Waals surface area contributed by atoms with Crippen molar-refractivity contribution in [1.82, 2.24) is 0 Å². The normalized spacial score (nSPS) is 11.7. The first-order valence-electron chi connectivity index (χ1n) is 4.09. The van der Waals surface area contributed by atoms with E-state index in [0.717, 1.165) is 10.5 Å². The topological polar surface area (TPSA) is 34.1 Å². The van der Waals surface area contributed by atoms with Gasteiger partial charge >= 0.3 is 0 Å². The molecule has 0 saturated heterocycles. The Hall–Kier alpha value is -0.260. The second kappa shape index (κ2) is 4.72. The molecule has 0 radical (unpaired) electrons. The molecule has 15 heavy (non-hydrogen) atoms. The fourth-order valence-electron chi connectivity index (χ4n) is 1.21. The predicted molar refractivity (Wildman–Crippen MR) is 61.4 cm³/mol. The largest absolute Gasteiger partial charge is 0.236 e. The van der Waals surface area contributed by atoms with Crippen LogP contribution in [0.2, 0.25) is 0 Å². The molecule has 84 valence electrons. The molecule has 1 aromatic rings. The monoisotopic (exact) mass is 268 g/mol. The summed E-state index contributed by atoms with van der Waals surface area (Å²) < 4.78 is 35.0. The number of hydrogen-bond acceptors (Lipinski definition) is 3. The van der Waals surface area contributed by atoms with Gasteiger partial charge in [0.2, 0.25) is 9.05 Å². The van der Waals surface area contributed by atoms with Gasteiger partial charge < -0.3 is 0 Å². The lowest BCUT2D eigenvalue weighted by molar-refractivity contribution is 0.596. The summed E-state index contributed by atoms with van der Waals surface area (Å²) in [5, 5.41) is 0. The van der Waals surface area contributed by atoms with E-state index in [0.29, 0.717) is 0 Å². The van der Waals surface area contributed by atoms with E-state index in [9.17, 15) is 12.8 Å². The van der Waals surface area contributed by atoms with E-state index in [4.69, 9.17) is 10.7 Å². The minimum atomic E-state index is -3.71. The van der Waals surface area contributed by atoms with Crippen molar-refractivity contribution in [2.45, 2.75) is 17.6 Å². The fraction of sp³-hybridized carbons (Fsp3) is 0.333. The Labute approximate surface area is 97.2 Å². The van der Waals surface area contributed by atoms with Gasteiger partial charge in [-0.1, -0.05) is 0 Å². The Morgan fingerprint density at radius 2 is 2.07 bits per heavy atom. The van der Waals surface area contributed by atoms with Crippen molar-refractivity contribution >= 4 is 31.5 Å². The molecule has 0 atom stereocenters. The quantitative estimate of drug-likeness (QED) is 0.624. The van der Waals surface area contributed by atoms with E-state index >= 15 is 0 Å². The zero-order valence-corrected chi connectivity index (χ0v) is 10.6. The van der Waals surface area contributed by atoms with Crippen molar-refractivity contribution in [2.24, 2.45) is 0 Å². The van der Waals surface area contributed by atoms with Crippen LogP contribution >= 0.6 is 22.4 Å². The first-order valence-corrected chi connectivity index (χ1v) is 7.79. The molecule has 1 aromatic carbocycles. The highest BCUT2D eigenvalue weighted by Gasteiger charge is 2.13. The van der Waals surface area contributed by atoms with Crippen LogP contribution in [0.3, 0.4) is 0 Å². The van der Waals surface area contributed by atoms with Crippen LogP contribution in [-0.2, 0) is 14.8 Å². The number of thioether (sulfide) groups is 1. The Kier molecular flexibility index (Phi) is 4.03. The van der Waals surface area contributed by atoms with Crippen LogP contribution in [0.25, 0.3) is 0 Å². The fourth-order valence-corrected chi connectivity index (χ4v) is 2.80. The summed E-state index contributed by atoms with van der Waals surface area (Å²) in [5.41, 5.74) is 0.899. The van der Waals surface area contributed by atoms with Crippen LogP contribution in [0.5, 0.6) is 0 Å².